The number of rotatable bonds is 4. The smallest absolute Gasteiger partial charge is 0.291 e. The maximum atomic E-state index is 12.7. The molecule has 2 aromatic rings. The third kappa shape index (κ3) is 3.04. The number of hydrogen-bond acceptors (Lipinski definition) is 4. The summed E-state index contributed by atoms with van der Waals surface area (Å²) in [7, 11) is 1.71. The van der Waals surface area contributed by atoms with Crippen LogP contribution in [0.5, 0.6) is 0 Å². The first kappa shape index (κ1) is 14.8. The van der Waals surface area contributed by atoms with Crippen LogP contribution in [0, 0.1) is 0 Å². The molecule has 22 heavy (non-hydrogen) atoms. The minimum Gasteiger partial charge on any atom is -0.438 e. The van der Waals surface area contributed by atoms with Gasteiger partial charge in [0.05, 0.1) is 18.3 Å². The van der Waals surface area contributed by atoms with E-state index in [2.05, 4.69) is 17.1 Å². The number of aromatic nitrogens is 1. The van der Waals surface area contributed by atoms with Crippen LogP contribution in [0.1, 0.15) is 29.0 Å². The second kappa shape index (κ2) is 6.75. The molecule has 0 aliphatic carbocycles. The van der Waals surface area contributed by atoms with E-state index < -0.39 is 0 Å². The zero-order chi connectivity index (χ0) is 15.4. The number of likely N-dealkylation sites (tertiary alicyclic amines) is 1. The lowest BCUT2D eigenvalue weighted by molar-refractivity contribution is -0.0129. The molecule has 0 N–H and O–H groups in total. The Kier molecular flexibility index (Phi) is 4.53. The summed E-state index contributed by atoms with van der Waals surface area (Å²) in [6.45, 7) is 0.719. The van der Waals surface area contributed by atoms with Crippen LogP contribution in [-0.4, -0.2) is 41.6 Å². The first-order valence-corrected chi connectivity index (χ1v) is 7.56. The van der Waals surface area contributed by atoms with Crippen LogP contribution in [0.15, 0.2) is 47.3 Å². The van der Waals surface area contributed by atoms with Crippen LogP contribution >= 0.6 is 0 Å². The third-order valence-electron chi connectivity index (χ3n) is 4.21. The molecule has 0 bridgehead atoms. The van der Waals surface area contributed by atoms with Crippen molar-refractivity contribution in [2.75, 3.05) is 13.7 Å². The Bertz CT molecular complexity index is 598. The van der Waals surface area contributed by atoms with Crippen molar-refractivity contribution in [2.24, 2.45) is 0 Å². The van der Waals surface area contributed by atoms with Gasteiger partial charge in [0.15, 0.2) is 6.39 Å². The minimum atomic E-state index is -0.111. The summed E-state index contributed by atoms with van der Waals surface area (Å²) in [6.07, 6.45) is 5.48. The Labute approximate surface area is 129 Å². The SMILES string of the molecule is CO[C@H]1CCCN(C(=O)c2cnco2)[C@H]1Cc1ccccc1. The van der Waals surface area contributed by atoms with Crippen molar-refractivity contribution in [3.05, 3.63) is 54.2 Å². The fourth-order valence-electron chi connectivity index (χ4n) is 3.11. The Morgan fingerprint density at radius 1 is 1.41 bits per heavy atom. The molecule has 2 heterocycles. The zero-order valence-corrected chi connectivity index (χ0v) is 12.6. The zero-order valence-electron chi connectivity index (χ0n) is 12.6. The average molecular weight is 300 g/mol. The summed E-state index contributed by atoms with van der Waals surface area (Å²) in [5.74, 6) is 0.176. The number of piperidine rings is 1. The van der Waals surface area contributed by atoms with Crippen molar-refractivity contribution in [2.45, 2.75) is 31.4 Å². The van der Waals surface area contributed by atoms with Crippen molar-refractivity contribution in [3.63, 3.8) is 0 Å². The van der Waals surface area contributed by atoms with Crippen LogP contribution in [0.4, 0.5) is 0 Å². The van der Waals surface area contributed by atoms with Crippen LogP contribution in [0.3, 0.4) is 0 Å². The third-order valence-corrected chi connectivity index (χ3v) is 4.21. The van der Waals surface area contributed by atoms with E-state index in [4.69, 9.17) is 9.15 Å². The topological polar surface area (TPSA) is 55.6 Å². The van der Waals surface area contributed by atoms with Crippen LogP contribution in [0.25, 0.3) is 0 Å². The molecule has 1 aromatic carbocycles. The molecule has 0 saturated carbocycles. The lowest BCUT2D eigenvalue weighted by Crippen LogP contribution is -2.52. The van der Waals surface area contributed by atoms with Gasteiger partial charge in [-0.05, 0) is 24.8 Å². The van der Waals surface area contributed by atoms with Gasteiger partial charge in [-0.1, -0.05) is 30.3 Å². The largest absolute Gasteiger partial charge is 0.438 e. The van der Waals surface area contributed by atoms with E-state index in [0.717, 1.165) is 25.8 Å². The molecule has 0 radical (unpaired) electrons. The molecular formula is C17H20N2O3. The number of ether oxygens (including phenoxy) is 1. The number of carbonyl (C=O) groups excluding carboxylic acids is 1. The maximum absolute atomic E-state index is 12.7. The number of methoxy groups -OCH3 is 1. The summed E-state index contributed by atoms with van der Waals surface area (Å²) < 4.78 is 10.8. The van der Waals surface area contributed by atoms with E-state index in [-0.39, 0.29) is 23.8 Å². The Morgan fingerprint density at radius 2 is 2.23 bits per heavy atom. The molecule has 1 aliphatic rings. The van der Waals surface area contributed by atoms with Gasteiger partial charge in [0, 0.05) is 13.7 Å². The lowest BCUT2D eigenvalue weighted by atomic mass is 9.92. The fourth-order valence-corrected chi connectivity index (χ4v) is 3.11. The van der Waals surface area contributed by atoms with Crippen molar-refractivity contribution < 1.29 is 13.9 Å². The Hall–Kier alpha value is -2.14. The highest BCUT2D eigenvalue weighted by atomic mass is 16.5. The standard InChI is InChI=1S/C17H20N2O3/c1-21-15-8-5-9-19(17(20)16-11-18-12-22-16)14(15)10-13-6-3-2-4-7-13/h2-4,6-7,11-12,14-15H,5,8-10H2,1H3/t14-,15-/m0/s1. The number of carbonyl (C=O) groups is 1. The molecule has 1 amide bonds. The normalized spacial score (nSPS) is 21.8. The van der Waals surface area contributed by atoms with E-state index in [0.29, 0.717) is 0 Å². The van der Waals surface area contributed by atoms with Crippen molar-refractivity contribution in [1.29, 1.82) is 0 Å². The number of oxazole rings is 1. The van der Waals surface area contributed by atoms with E-state index in [1.54, 1.807) is 7.11 Å². The summed E-state index contributed by atoms with van der Waals surface area (Å²) >= 11 is 0. The first-order valence-electron chi connectivity index (χ1n) is 7.56. The molecule has 3 rings (SSSR count). The van der Waals surface area contributed by atoms with Gasteiger partial charge in [-0.2, -0.15) is 0 Å². The predicted molar refractivity (Wildman–Crippen MR) is 81.5 cm³/mol. The van der Waals surface area contributed by atoms with E-state index in [1.807, 2.05) is 23.1 Å². The van der Waals surface area contributed by atoms with Gasteiger partial charge < -0.3 is 14.1 Å². The quantitative estimate of drug-likeness (QED) is 0.870. The number of benzene rings is 1. The van der Waals surface area contributed by atoms with E-state index in [1.165, 1.54) is 18.2 Å². The highest BCUT2D eigenvalue weighted by molar-refractivity contribution is 5.91. The van der Waals surface area contributed by atoms with Gasteiger partial charge in [-0.3, -0.25) is 4.79 Å². The molecule has 1 aromatic heterocycles. The summed E-state index contributed by atoms with van der Waals surface area (Å²) in [5.41, 5.74) is 1.20. The molecule has 1 aliphatic heterocycles. The molecule has 2 atom stereocenters. The highest BCUT2D eigenvalue weighted by Crippen LogP contribution is 2.25. The lowest BCUT2D eigenvalue weighted by Gasteiger charge is -2.40. The van der Waals surface area contributed by atoms with Gasteiger partial charge in [-0.15, -0.1) is 0 Å². The van der Waals surface area contributed by atoms with E-state index >= 15 is 0 Å². The van der Waals surface area contributed by atoms with Crippen LogP contribution < -0.4 is 0 Å². The number of amides is 1. The Morgan fingerprint density at radius 3 is 2.91 bits per heavy atom. The molecule has 1 saturated heterocycles. The second-order valence-corrected chi connectivity index (χ2v) is 5.54. The summed E-state index contributed by atoms with van der Waals surface area (Å²) in [4.78, 5) is 18.4. The summed E-state index contributed by atoms with van der Waals surface area (Å²) in [5, 5.41) is 0. The number of nitrogens with zero attached hydrogens (tertiary/aromatic N) is 2. The monoisotopic (exact) mass is 300 g/mol. The van der Waals surface area contributed by atoms with Crippen LogP contribution in [-0.2, 0) is 11.2 Å². The number of hydrogen-bond donors (Lipinski definition) is 0. The molecule has 0 unspecified atom stereocenters. The van der Waals surface area contributed by atoms with Crippen LogP contribution in [0.2, 0.25) is 0 Å². The Balaban J connectivity index is 1.84. The molecule has 5 nitrogen and oxygen atoms in total. The van der Waals surface area contributed by atoms with Gasteiger partial charge in [0.2, 0.25) is 5.76 Å². The second-order valence-electron chi connectivity index (χ2n) is 5.54. The minimum absolute atomic E-state index is 0.0127. The molecule has 116 valence electrons. The van der Waals surface area contributed by atoms with Gasteiger partial charge in [0.25, 0.3) is 5.91 Å². The highest BCUT2D eigenvalue weighted by Gasteiger charge is 2.35. The molecular weight excluding hydrogens is 280 g/mol. The van der Waals surface area contributed by atoms with Crippen molar-refractivity contribution >= 4 is 5.91 Å². The van der Waals surface area contributed by atoms with Crippen molar-refractivity contribution in [3.8, 4) is 0 Å². The molecule has 1 fully saturated rings. The van der Waals surface area contributed by atoms with Gasteiger partial charge in [0.1, 0.15) is 0 Å². The molecule has 0 spiro atoms. The average Bonchev–Trinajstić information content (AvgIpc) is 3.10. The van der Waals surface area contributed by atoms with Gasteiger partial charge >= 0.3 is 0 Å². The van der Waals surface area contributed by atoms with E-state index in [9.17, 15) is 4.79 Å². The molecule has 5 heteroatoms. The van der Waals surface area contributed by atoms with Gasteiger partial charge in [-0.25, -0.2) is 4.98 Å². The summed E-state index contributed by atoms with van der Waals surface area (Å²) in [6, 6.07) is 10.2. The predicted octanol–water partition coefficient (Wildman–Crippen LogP) is 2.54. The maximum Gasteiger partial charge on any atom is 0.291 e. The first-order chi connectivity index (χ1) is 10.8. The fraction of sp³-hybridized carbons (Fsp3) is 0.412. The van der Waals surface area contributed by atoms with Crippen molar-refractivity contribution in [1.82, 2.24) is 9.88 Å².